The molecule has 0 N–H and O–H groups in total. The molecule has 1 heterocycles. The predicted octanol–water partition coefficient (Wildman–Crippen LogP) is 3.57. The van der Waals surface area contributed by atoms with Gasteiger partial charge in [0.15, 0.2) is 0 Å². The van der Waals surface area contributed by atoms with E-state index >= 15 is 0 Å². The number of hydrogen-bond donors (Lipinski definition) is 0. The first-order valence-electron chi connectivity index (χ1n) is 6.26. The van der Waals surface area contributed by atoms with E-state index in [1.54, 1.807) is 0 Å². The number of rotatable bonds is 0. The average Bonchev–Trinajstić information content (AvgIpc) is 2.81. The summed E-state index contributed by atoms with van der Waals surface area (Å²) >= 11 is 0. The number of hydrogen-bond acceptors (Lipinski definition) is 2. The van der Waals surface area contributed by atoms with E-state index in [2.05, 4.69) is 12.1 Å². The molecule has 17 heavy (non-hydrogen) atoms. The first-order valence-corrected chi connectivity index (χ1v) is 6.26. The lowest BCUT2D eigenvalue weighted by Gasteiger charge is -2.35. The summed E-state index contributed by atoms with van der Waals surface area (Å²) in [7, 11) is 0. The van der Waals surface area contributed by atoms with Crippen LogP contribution in [0.5, 0.6) is 5.75 Å². The zero-order valence-electron chi connectivity index (χ0n) is 10.0. The maximum atomic E-state index is 12.3. The maximum absolute atomic E-state index is 12.3. The van der Waals surface area contributed by atoms with Gasteiger partial charge in [0, 0.05) is 5.56 Å². The highest BCUT2D eigenvalue weighted by molar-refractivity contribution is 5.99. The second-order valence-corrected chi connectivity index (χ2v) is 4.88. The third kappa shape index (κ3) is 1.36. The van der Waals surface area contributed by atoms with E-state index in [0.29, 0.717) is 5.75 Å². The summed E-state index contributed by atoms with van der Waals surface area (Å²) in [5.41, 5.74) is 1.90. The number of carbonyl (C=O) groups excluding carboxylic acids is 1. The van der Waals surface area contributed by atoms with Crippen LogP contribution < -0.4 is 4.74 Å². The topological polar surface area (TPSA) is 26.3 Å². The Hall–Kier alpha value is -1.57. The number of fused-ring (bicyclic) bond motifs is 1. The van der Waals surface area contributed by atoms with Gasteiger partial charge in [0.05, 0.1) is 5.41 Å². The highest BCUT2D eigenvalue weighted by atomic mass is 16.5. The van der Waals surface area contributed by atoms with E-state index in [4.69, 9.17) is 4.74 Å². The molecule has 1 aromatic carbocycles. The molecule has 0 saturated heterocycles. The van der Waals surface area contributed by atoms with Crippen molar-refractivity contribution >= 4 is 11.5 Å². The van der Waals surface area contributed by atoms with Gasteiger partial charge in [-0.15, -0.1) is 0 Å². The molecule has 1 saturated carbocycles. The Morgan fingerprint density at radius 1 is 1.24 bits per heavy atom. The Kier molecular flexibility index (Phi) is 2.32. The Balaban J connectivity index is 2.19. The van der Waals surface area contributed by atoms with E-state index < -0.39 is 0 Å². The molecule has 0 atom stereocenters. The van der Waals surface area contributed by atoms with Crippen molar-refractivity contribution < 1.29 is 9.53 Å². The van der Waals surface area contributed by atoms with E-state index in [-0.39, 0.29) is 11.4 Å². The van der Waals surface area contributed by atoms with Gasteiger partial charge in [-0.3, -0.25) is 4.79 Å². The summed E-state index contributed by atoms with van der Waals surface area (Å²) in [6.45, 7) is 2.02. The normalized spacial score (nSPS) is 23.8. The fraction of sp³-hybridized carbons (Fsp3) is 0.400. The second-order valence-electron chi connectivity index (χ2n) is 4.88. The molecule has 2 nitrogen and oxygen atoms in total. The van der Waals surface area contributed by atoms with Crippen LogP contribution in [0.25, 0.3) is 5.57 Å². The van der Waals surface area contributed by atoms with Crippen LogP contribution in [0.2, 0.25) is 0 Å². The molecular formula is C15H16O2. The molecule has 0 bridgehead atoms. The number of para-hydroxylation sites is 1. The van der Waals surface area contributed by atoms with Crippen LogP contribution in [0.4, 0.5) is 0 Å². The van der Waals surface area contributed by atoms with Gasteiger partial charge < -0.3 is 4.74 Å². The van der Waals surface area contributed by atoms with Crippen LogP contribution in [0.3, 0.4) is 0 Å². The Morgan fingerprint density at radius 3 is 2.65 bits per heavy atom. The molecule has 2 heteroatoms. The third-order valence-electron chi connectivity index (χ3n) is 4.03. The molecule has 1 fully saturated rings. The number of allylic oxidation sites excluding steroid dienone is 1. The van der Waals surface area contributed by atoms with Gasteiger partial charge in [-0.1, -0.05) is 37.1 Å². The van der Waals surface area contributed by atoms with Crippen molar-refractivity contribution in [2.24, 2.45) is 5.41 Å². The fourth-order valence-electron chi connectivity index (χ4n) is 3.23. The summed E-state index contributed by atoms with van der Waals surface area (Å²) in [4.78, 5) is 12.3. The first kappa shape index (κ1) is 10.6. The monoisotopic (exact) mass is 228 g/mol. The fourth-order valence-corrected chi connectivity index (χ4v) is 3.23. The van der Waals surface area contributed by atoms with Crippen LogP contribution >= 0.6 is 0 Å². The van der Waals surface area contributed by atoms with Crippen molar-refractivity contribution in [3.05, 3.63) is 35.9 Å². The van der Waals surface area contributed by atoms with Gasteiger partial charge in [0.2, 0.25) is 0 Å². The molecule has 88 valence electrons. The maximum Gasteiger partial charge on any atom is 0.321 e. The summed E-state index contributed by atoms with van der Waals surface area (Å²) in [6, 6.07) is 7.84. The number of ether oxygens (including phenoxy) is 1. The van der Waals surface area contributed by atoms with Crippen LogP contribution in [-0.4, -0.2) is 5.97 Å². The summed E-state index contributed by atoms with van der Waals surface area (Å²) < 4.78 is 5.52. The molecule has 1 aromatic rings. The molecule has 1 spiro atoms. The molecule has 1 aliphatic carbocycles. The third-order valence-corrected chi connectivity index (χ3v) is 4.03. The van der Waals surface area contributed by atoms with Crippen molar-refractivity contribution in [3.8, 4) is 5.75 Å². The SMILES string of the molecule is C/C=C1\c2ccccc2OC(=O)C12CCCC2. The molecule has 3 rings (SSSR count). The quantitative estimate of drug-likeness (QED) is 0.501. The summed E-state index contributed by atoms with van der Waals surface area (Å²) in [5, 5.41) is 0. The molecule has 0 radical (unpaired) electrons. The van der Waals surface area contributed by atoms with Gasteiger partial charge >= 0.3 is 5.97 Å². The van der Waals surface area contributed by atoms with Crippen molar-refractivity contribution in [2.75, 3.05) is 0 Å². The van der Waals surface area contributed by atoms with Crippen molar-refractivity contribution in [3.63, 3.8) is 0 Å². The predicted molar refractivity (Wildman–Crippen MR) is 66.6 cm³/mol. The van der Waals surface area contributed by atoms with Crippen LogP contribution in [-0.2, 0) is 4.79 Å². The number of benzene rings is 1. The van der Waals surface area contributed by atoms with Gasteiger partial charge in [-0.25, -0.2) is 0 Å². The molecule has 2 aliphatic rings. The van der Waals surface area contributed by atoms with Crippen molar-refractivity contribution in [2.45, 2.75) is 32.6 Å². The van der Waals surface area contributed by atoms with Gasteiger partial charge in [0.1, 0.15) is 5.75 Å². The minimum atomic E-state index is -0.358. The second kappa shape index (κ2) is 3.73. The van der Waals surface area contributed by atoms with E-state index in [1.165, 1.54) is 5.57 Å². The minimum Gasteiger partial charge on any atom is -0.425 e. The molecule has 1 aliphatic heterocycles. The lowest BCUT2D eigenvalue weighted by atomic mass is 9.73. The zero-order chi connectivity index (χ0) is 11.9. The number of carbonyl (C=O) groups is 1. The minimum absolute atomic E-state index is 0.0539. The van der Waals surface area contributed by atoms with E-state index in [1.807, 2.05) is 25.1 Å². The van der Waals surface area contributed by atoms with Gasteiger partial charge in [0.25, 0.3) is 0 Å². The zero-order valence-corrected chi connectivity index (χ0v) is 10.0. The van der Waals surface area contributed by atoms with E-state index in [0.717, 1.165) is 31.2 Å². The first-order chi connectivity index (χ1) is 8.28. The van der Waals surface area contributed by atoms with Crippen molar-refractivity contribution in [1.82, 2.24) is 0 Å². The molecule has 0 aromatic heterocycles. The Morgan fingerprint density at radius 2 is 1.94 bits per heavy atom. The smallest absolute Gasteiger partial charge is 0.321 e. The lowest BCUT2D eigenvalue weighted by Crippen LogP contribution is -2.37. The highest BCUT2D eigenvalue weighted by Crippen LogP contribution is 2.53. The highest BCUT2D eigenvalue weighted by Gasteiger charge is 2.49. The Labute approximate surface area is 101 Å². The van der Waals surface area contributed by atoms with Crippen LogP contribution in [0.1, 0.15) is 38.2 Å². The molecule has 0 amide bonds. The van der Waals surface area contributed by atoms with Crippen LogP contribution in [0.15, 0.2) is 30.3 Å². The van der Waals surface area contributed by atoms with Gasteiger partial charge in [-0.05, 0) is 31.4 Å². The summed E-state index contributed by atoms with van der Waals surface area (Å²) in [5.74, 6) is 0.657. The van der Waals surface area contributed by atoms with Crippen molar-refractivity contribution in [1.29, 1.82) is 0 Å². The van der Waals surface area contributed by atoms with Gasteiger partial charge in [-0.2, -0.15) is 0 Å². The van der Waals surface area contributed by atoms with Crippen LogP contribution in [0, 0.1) is 5.41 Å². The number of esters is 1. The largest absolute Gasteiger partial charge is 0.425 e. The lowest BCUT2D eigenvalue weighted by molar-refractivity contribution is -0.143. The standard InChI is InChI=1S/C15H16O2/c1-2-12-11-7-3-4-8-13(11)17-14(16)15(12)9-5-6-10-15/h2-4,7-8H,5-6,9-10H2,1H3/b12-2+. The van der Waals surface area contributed by atoms with E-state index in [9.17, 15) is 4.79 Å². The summed E-state index contributed by atoms with van der Waals surface area (Å²) in [6.07, 6.45) is 6.19. The molecular weight excluding hydrogens is 212 g/mol. The Bertz CT molecular complexity index is 493. The average molecular weight is 228 g/mol. The molecule has 0 unspecified atom stereocenters.